The lowest BCUT2D eigenvalue weighted by Crippen LogP contribution is -2.43. The molecule has 2 aromatic carbocycles. The first kappa shape index (κ1) is 34.4. The number of ether oxygens (including phenoxy) is 1. The van der Waals surface area contributed by atoms with Crippen molar-refractivity contribution in [3.63, 3.8) is 0 Å². The number of benzene rings is 2. The lowest BCUT2D eigenvalue weighted by atomic mass is 10.1. The molecule has 1 aliphatic heterocycles. The summed E-state index contributed by atoms with van der Waals surface area (Å²) in [4.78, 5) is 36.7. The number of aryl methyl sites for hydroxylation is 2. The molecule has 0 unspecified atom stereocenters. The molecule has 10 heteroatoms. The second kappa shape index (κ2) is 16.1. The first-order valence-corrected chi connectivity index (χ1v) is 16.5. The van der Waals surface area contributed by atoms with Gasteiger partial charge in [0.05, 0.1) is 41.2 Å². The molecule has 4 aromatic rings. The molecule has 3 heterocycles. The average Bonchev–Trinajstić information content (AvgIpc) is 3.58. The van der Waals surface area contributed by atoms with E-state index in [1.54, 1.807) is 35.7 Å². The number of carbonyl (C=O) groups excluding carboxylic acids is 2. The van der Waals surface area contributed by atoms with Crippen LogP contribution in [-0.2, 0) is 30.1 Å². The van der Waals surface area contributed by atoms with Crippen LogP contribution in [0.3, 0.4) is 0 Å². The highest BCUT2D eigenvalue weighted by Gasteiger charge is 2.32. The van der Waals surface area contributed by atoms with Crippen molar-refractivity contribution in [1.82, 2.24) is 24.4 Å². The number of imidazole rings is 2. The SMILES string of the molecule is C=C1NC(=O)N(Cc2ccc(C)cc2)c2nc(CSc3nc4cc(C(=O)OCC)ccc4n3CC)n(CC)c21.CC.CCC. The standard InChI is InChI=1S/C29H32N6O3S.C3H8.C2H6/c1-6-33-23-14-13-21(27(36)38-8-3)15-22(23)31-29(33)39-17-24-32-26-25(34(24)7-2)19(5)30-28(37)35(26)16-20-11-9-18(4)10-12-20;1-3-2;1-2/h9-15H,5-8,16-17H2,1-4H3,(H,30,37);3H2,1-2H3;1-2H3. The Morgan fingerprint density at radius 3 is 2.25 bits per heavy atom. The first-order valence-electron chi connectivity index (χ1n) is 15.5. The molecule has 0 saturated heterocycles. The van der Waals surface area contributed by atoms with Gasteiger partial charge in [-0.25, -0.2) is 19.6 Å². The van der Waals surface area contributed by atoms with Crippen LogP contribution in [0.5, 0.6) is 0 Å². The zero-order chi connectivity index (χ0) is 32.4. The van der Waals surface area contributed by atoms with E-state index in [0.717, 1.165) is 39.8 Å². The summed E-state index contributed by atoms with van der Waals surface area (Å²) in [6.07, 6.45) is 1.25. The molecule has 0 aliphatic carbocycles. The maximum absolute atomic E-state index is 13.0. The normalized spacial score (nSPS) is 12.1. The zero-order valence-corrected chi connectivity index (χ0v) is 28.2. The largest absolute Gasteiger partial charge is 0.462 e. The third kappa shape index (κ3) is 7.53. The van der Waals surface area contributed by atoms with Crippen molar-refractivity contribution in [2.75, 3.05) is 11.5 Å². The molecular weight excluding hydrogens is 572 g/mol. The number of rotatable bonds is 9. The summed E-state index contributed by atoms with van der Waals surface area (Å²) in [6.45, 7) is 22.5. The summed E-state index contributed by atoms with van der Waals surface area (Å²) in [5, 5.41) is 3.74. The van der Waals surface area contributed by atoms with Gasteiger partial charge in [0.25, 0.3) is 0 Å². The van der Waals surface area contributed by atoms with Gasteiger partial charge in [-0.2, -0.15) is 0 Å². The van der Waals surface area contributed by atoms with Crippen molar-refractivity contribution >= 4 is 46.3 Å². The Morgan fingerprint density at radius 1 is 0.977 bits per heavy atom. The smallest absolute Gasteiger partial charge is 0.338 e. The number of aromatic nitrogens is 4. The number of hydrogen-bond acceptors (Lipinski definition) is 6. The molecule has 236 valence electrons. The lowest BCUT2D eigenvalue weighted by Gasteiger charge is -2.28. The molecule has 0 bridgehead atoms. The maximum Gasteiger partial charge on any atom is 0.338 e. The van der Waals surface area contributed by atoms with Crippen LogP contribution in [0.1, 0.15) is 87.9 Å². The number of anilines is 1. The fraction of sp³-hybridized carbons (Fsp3) is 0.412. The van der Waals surface area contributed by atoms with Crippen LogP contribution in [0.2, 0.25) is 0 Å². The van der Waals surface area contributed by atoms with E-state index in [4.69, 9.17) is 14.7 Å². The predicted molar refractivity (Wildman–Crippen MR) is 181 cm³/mol. The molecule has 0 atom stereocenters. The highest BCUT2D eigenvalue weighted by Crippen LogP contribution is 2.34. The molecule has 2 aromatic heterocycles. The summed E-state index contributed by atoms with van der Waals surface area (Å²) in [7, 11) is 0. The molecule has 1 N–H and O–H groups in total. The summed E-state index contributed by atoms with van der Waals surface area (Å²) < 4.78 is 9.38. The van der Waals surface area contributed by atoms with Gasteiger partial charge in [-0.3, -0.25) is 4.90 Å². The van der Waals surface area contributed by atoms with E-state index < -0.39 is 0 Å². The number of thioether (sulfide) groups is 1. The van der Waals surface area contributed by atoms with E-state index in [-0.39, 0.29) is 12.0 Å². The van der Waals surface area contributed by atoms with Gasteiger partial charge in [-0.05, 0) is 51.5 Å². The monoisotopic (exact) mass is 618 g/mol. The molecule has 0 saturated carbocycles. The Kier molecular flexibility index (Phi) is 12.6. The second-order valence-electron chi connectivity index (χ2n) is 9.98. The van der Waals surface area contributed by atoms with Crippen LogP contribution in [0.25, 0.3) is 16.7 Å². The van der Waals surface area contributed by atoms with Crippen LogP contribution in [0, 0.1) is 6.92 Å². The number of fused-ring (bicyclic) bond motifs is 2. The number of esters is 1. The van der Waals surface area contributed by atoms with E-state index in [1.165, 1.54) is 12.0 Å². The van der Waals surface area contributed by atoms with E-state index in [0.29, 0.717) is 42.5 Å². The first-order chi connectivity index (χ1) is 21.3. The van der Waals surface area contributed by atoms with Gasteiger partial charge >= 0.3 is 12.0 Å². The van der Waals surface area contributed by atoms with Crippen molar-refractivity contribution in [3.05, 3.63) is 77.3 Å². The van der Waals surface area contributed by atoms with Crippen molar-refractivity contribution in [2.45, 2.75) is 92.4 Å². The van der Waals surface area contributed by atoms with Gasteiger partial charge in [-0.15, -0.1) is 0 Å². The van der Waals surface area contributed by atoms with Crippen LogP contribution in [-0.4, -0.2) is 37.7 Å². The third-order valence-corrected chi connectivity index (χ3v) is 7.69. The van der Waals surface area contributed by atoms with Crippen LogP contribution < -0.4 is 10.2 Å². The number of nitrogens with one attached hydrogen (secondary N) is 1. The topological polar surface area (TPSA) is 94.3 Å². The fourth-order valence-electron chi connectivity index (χ4n) is 4.79. The molecular formula is C34H46N6O3S. The highest BCUT2D eigenvalue weighted by atomic mass is 32.2. The Hall–Kier alpha value is -4.05. The van der Waals surface area contributed by atoms with Gasteiger partial charge in [0.1, 0.15) is 11.5 Å². The Labute approximate surface area is 265 Å². The quantitative estimate of drug-likeness (QED) is 0.150. The van der Waals surface area contributed by atoms with Crippen molar-refractivity contribution in [2.24, 2.45) is 0 Å². The molecule has 1 aliphatic rings. The minimum atomic E-state index is -0.353. The van der Waals surface area contributed by atoms with Gasteiger partial charge in [-0.1, -0.05) is 82.3 Å². The Morgan fingerprint density at radius 2 is 1.64 bits per heavy atom. The van der Waals surface area contributed by atoms with Crippen molar-refractivity contribution in [3.8, 4) is 0 Å². The van der Waals surface area contributed by atoms with Crippen molar-refractivity contribution in [1.29, 1.82) is 0 Å². The number of nitrogens with zero attached hydrogens (tertiary/aromatic N) is 5. The van der Waals surface area contributed by atoms with Crippen LogP contribution in [0.4, 0.5) is 10.6 Å². The minimum Gasteiger partial charge on any atom is -0.462 e. The summed E-state index contributed by atoms with van der Waals surface area (Å²) >= 11 is 1.58. The minimum absolute atomic E-state index is 0.238. The molecule has 0 spiro atoms. The zero-order valence-electron chi connectivity index (χ0n) is 27.4. The van der Waals surface area contributed by atoms with Gasteiger partial charge in [0.15, 0.2) is 11.0 Å². The molecule has 9 nitrogen and oxygen atoms in total. The Bertz CT molecular complexity index is 1590. The highest BCUT2D eigenvalue weighted by molar-refractivity contribution is 7.98. The second-order valence-corrected chi connectivity index (χ2v) is 10.9. The fourth-order valence-corrected chi connectivity index (χ4v) is 5.82. The van der Waals surface area contributed by atoms with Gasteiger partial charge in [0.2, 0.25) is 0 Å². The van der Waals surface area contributed by atoms with Gasteiger partial charge < -0.3 is 19.2 Å². The average molecular weight is 619 g/mol. The van der Waals surface area contributed by atoms with E-state index >= 15 is 0 Å². The molecule has 5 rings (SSSR count). The number of amides is 2. The van der Waals surface area contributed by atoms with Crippen LogP contribution in [0.15, 0.2) is 54.2 Å². The summed E-state index contributed by atoms with van der Waals surface area (Å²) in [6, 6.07) is 13.4. The molecule has 44 heavy (non-hydrogen) atoms. The van der Waals surface area contributed by atoms with E-state index in [1.807, 2.05) is 51.1 Å². The van der Waals surface area contributed by atoms with Crippen LogP contribution >= 0.6 is 11.8 Å². The molecule has 0 radical (unpaired) electrons. The summed E-state index contributed by atoms with van der Waals surface area (Å²) in [5.74, 6) is 1.65. The lowest BCUT2D eigenvalue weighted by molar-refractivity contribution is 0.0526. The predicted octanol–water partition coefficient (Wildman–Crippen LogP) is 8.19. The Balaban J connectivity index is 0.000000997. The molecule has 2 amide bonds. The number of urea groups is 1. The maximum atomic E-state index is 13.0. The van der Waals surface area contributed by atoms with E-state index in [2.05, 4.69) is 48.7 Å². The molecule has 0 fully saturated rings. The van der Waals surface area contributed by atoms with Gasteiger partial charge in [0, 0.05) is 13.1 Å². The van der Waals surface area contributed by atoms with E-state index in [9.17, 15) is 9.59 Å². The number of hydrogen-bond donors (Lipinski definition) is 1. The summed E-state index contributed by atoms with van der Waals surface area (Å²) in [5.41, 5.74) is 5.75. The third-order valence-electron chi connectivity index (χ3n) is 6.72. The number of carbonyl (C=O) groups is 2. The van der Waals surface area contributed by atoms with Crippen molar-refractivity contribution < 1.29 is 14.3 Å².